The molecule has 2 amide bonds. The van der Waals surface area contributed by atoms with Crippen LogP contribution in [-0.4, -0.2) is 56.1 Å². The molecular formula is C16H20FN3O4. The molecule has 0 saturated carbocycles. The second-order valence-electron chi connectivity index (χ2n) is 5.77. The SMILES string of the molecule is CC(=O)NC[C@@H]1OC(=O)N(F)C1c1ccccc1N1CCOCC1. The molecule has 1 N–H and O–H groups in total. The standard InChI is InChI=1S/C16H20FN3O4/c1-11(21)18-10-14-15(20(17)16(22)24-14)12-4-2-3-5-13(12)19-6-8-23-9-7-19/h2-5,14-15H,6-10H2,1H3,(H,18,21)/t14-,15?/m0/s1. The summed E-state index contributed by atoms with van der Waals surface area (Å²) < 4.78 is 24.8. The van der Waals surface area contributed by atoms with E-state index in [1.807, 2.05) is 12.1 Å². The van der Waals surface area contributed by atoms with Gasteiger partial charge < -0.3 is 19.7 Å². The van der Waals surface area contributed by atoms with Gasteiger partial charge in [-0.1, -0.05) is 22.7 Å². The molecule has 1 unspecified atom stereocenters. The smallest absolute Gasteiger partial charge is 0.439 e. The van der Waals surface area contributed by atoms with Crippen molar-refractivity contribution in [2.24, 2.45) is 0 Å². The van der Waals surface area contributed by atoms with Gasteiger partial charge in [0, 0.05) is 31.3 Å². The molecule has 2 heterocycles. The first-order valence-corrected chi connectivity index (χ1v) is 7.89. The second-order valence-corrected chi connectivity index (χ2v) is 5.77. The van der Waals surface area contributed by atoms with E-state index >= 15 is 0 Å². The lowest BCUT2D eigenvalue weighted by Gasteiger charge is -2.32. The normalized spacial score (nSPS) is 24.0. The minimum absolute atomic E-state index is 0.0591. The lowest BCUT2D eigenvalue weighted by atomic mass is 9.99. The molecule has 0 bridgehead atoms. The van der Waals surface area contributed by atoms with Gasteiger partial charge in [-0.15, -0.1) is 5.12 Å². The fourth-order valence-corrected chi connectivity index (χ4v) is 3.05. The van der Waals surface area contributed by atoms with Crippen LogP contribution in [0.25, 0.3) is 0 Å². The van der Waals surface area contributed by atoms with Crippen LogP contribution in [0.15, 0.2) is 24.3 Å². The van der Waals surface area contributed by atoms with E-state index in [1.54, 1.807) is 12.1 Å². The maximum Gasteiger partial charge on any atom is 0.439 e. The van der Waals surface area contributed by atoms with Gasteiger partial charge in [0.2, 0.25) is 5.91 Å². The monoisotopic (exact) mass is 337 g/mol. The summed E-state index contributed by atoms with van der Waals surface area (Å²) in [7, 11) is 0. The largest absolute Gasteiger partial charge is 0.440 e. The number of benzene rings is 1. The number of amides is 2. The Balaban J connectivity index is 1.90. The van der Waals surface area contributed by atoms with Crippen molar-refractivity contribution in [2.45, 2.75) is 19.1 Å². The molecule has 2 fully saturated rings. The van der Waals surface area contributed by atoms with Crippen LogP contribution in [0.2, 0.25) is 0 Å². The van der Waals surface area contributed by atoms with Gasteiger partial charge in [-0.25, -0.2) is 4.79 Å². The van der Waals surface area contributed by atoms with Crippen LogP contribution in [0.3, 0.4) is 0 Å². The summed E-state index contributed by atoms with van der Waals surface area (Å²) in [6, 6.07) is 6.45. The Hall–Kier alpha value is -2.35. The van der Waals surface area contributed by atoms with Crippen molar-refractivity contribution in [1.29, 1.82) is 0 Å². The molecular weight excluding hydrogens is 317 g/mol. The van der Waals surface area contributed by atoms with Crippen LogP contribution in [0.5, 0.6) is 0 Å². The van der Waals surface area contributed by atoms with Crippen LogP contribution < -0.4 is 10.2 Å². The molecule has 130 valence electrons. The number of hydrogen-bond donors (Lipinski definition) is 1. The van der Waals surface area contributed by atoms with Crippen LogP contribution in [0.4, 0.5) is 15.0 Å². The van der Waals surface area contributed by atoms with E-state index < -0.39 is 18.2 Å². The Kier molecular flexibility index (Phi) is 4.84. The highest BCUT2D eigenvalue weighted by molar-refractivity contribution is 5.74. The molecule has 3 rings (SSSR count). The van der Waals surface area contributed by atoms with E-state index in [0.717, 1.165) is 5.69 Å². The molecule has 1 aromatic carbocycles. The number of carbonyl (C=O) groups excluding carboxylic acids is 2. The van der Waals surface area contributed by atoms with Crippen LogP contribution >= 0.6 is 0 Å². The van der Waals surface area contributed by atoms with Gasteiger partial charge in [0.1, 0.15) is 12.1 Å². The number of cyclic esters (lactones) is 1. The van der Waals surface area contributed by atoms with Crippen LogP contribution in [0, 0.1) is 0 Å². The van der Waals surface area contributed by atoms with Crippen molar-refractivity contribution in [3.05, 3.63) is 29.8 Å². The van der Waals surface area contributed by atoms with Crippen LogP contribution in [0.1, 0.15) is 18.5 Å². The molecule has 2 saturated heterocycles. The minimum atomic E-state index is -1.04. The Bertz CT molecular complexity index is 621. The highest BCUT2D eigenvalue weighted by Gasteiger charge is 2.45. The van der Waals surface area contributed by atoms with E-state index in [-0.39, 0.29) is 17.6 Å². The number of halogens is 1. The number of rotatable bonds is 4. The summed E-state index contributed by atoms with van der Waals surface area (Å²) in [4.78, 5) is 24.9. The average molecular weight is 337 g/mol. The van der Waals surface area contributed by atoms with E-state index in [9.17, 15) is 14.1 Å². The van der Waals surface area contributed by atoms with Gasteiger partial charge in [0.25, 0.3) is 0 Å². The Morgan fingerprint density at radius 1 is 1.33 bits per heavy atom. The fourth-order valence-electron chi connectivity index (χ4n) is 3.05. The number of carbonyl (C=O) groups is 2. The zero-order valence-corrected chi connectivity index (χ0v) is 13.4. The van der Waals surface area contributed by atoms with Gasteiger partial charge in [-0.3, -0.25) is 4.79 Å². The molecule has 8 heteroatoms. The van der Waals surface area contributed by atoms with Crippen molar-refractivity contribution >= 4 is 17.7 Å². The summed E-state index contributed by atoms with van der Waals surface area (Å²) in [5.41, 5.74) is 1.50. The van der Waals surface area contributed by atoms with Crippen molar-refractivity contribution < 1.29 is 23.5 Å². The summed E-state index contributed by atoms with van der Waals surface area (Å²) in [6.07, 6.45) is -1.82. The quantitative estimate of drug-likeness (QED) is 0.841. The summed E-state index contributed by atoms with van der Waals surface area (Å²) in [5.74, 6) is -0.261. The van der Waals surface area contributed by atoms with E-state index in [2.05, 4.69) is 10.2 Å². The maximum absolute atomic E-state index is 14.4. The topological polar surface area (TPSA) is 71.1 Å². The highest BCUT2D eigenvalue weighted by Crippen LogP contribution is 2.38. The average Bonchev–Trinajstić information content (AvgIpc) is 2.88. The number of nitrogens with zero attached hydrogens (tertiary/aromatic N) is 2. The van der Waals surface area contributed by atoms with Gasteiger partial charge >= 0.3 is 6.09 Å². The molecule has 2 atom stereocenters. The number of morpholine rings is 1. The number of hydrogen-bond acceptors (Lipinski definition) is 5. The molecule has 0 aromatic heterocycles. The lowest BCUT2D eigenvalue weighted by Crippen LogP contribution is -2.39. The zero-order chi connectivity index (χ0) is 17.1. The van der Waals surface area contributed by atoms with Gasteiger partial charge in [0.15, 0.2) is 0 Å². The summed E-state index contributed by atoms with van der Waals surface area (Å²) in [6.45, 7) is 4.01. The van der Waals surface area contributed by atoms with Crippen molar-refractivity contribution in [3.63, 3.8) is 0 Å². The minimum Gasteiger partial charge on any atom is -0.440 e. The molecule has 2 aliphatic rings. The van der Waals surface area contributed by atoms with Crippen molar-refractivity contribution in [2.75, 3.05) is 37.7 Å². The molecule has 2 aliphatic heterocycles. The molecule has 1 aromatic rings. The zero-order valence-electron chi connectivity index (χ0n) is 13.4. The van der Waals surface area contributed by atoms with E-state index in [1.165, 1.54) is 6.92 Å². The molecule has 24 heavy (non-hydrogen) atoms. The van der Waals surface area contributed by atoms with Crippen LogP contribution in [-0.2, 0) is 14.3 Å². The number of anilines is 1. The van der Waals surface area contributed by atoms with Gasteiger partial charge in [0.05, 0.1) is 19.8 Å². The first kappa shape index (κ1) is 16.5. The Labute approximate surface area is 139 Å². The predicted molar refractivity (Wildman–Crippen MR) is 84.1 cm³/mol. The highest BCUT2D eigenvalue weighted by atomic mass is 19.2. The number of ether oxygens (including phenoxy) is 2. The van der Waals surface area contributed by atoms with Crippen molar-refractivity contribution in [3.8, 4) is 0 Å². The second kappa shape index (κ2) is 7.04. The van der Waals surface area contributed by atoms with E-state index in [0.29, 0.717) is 31.9 Å². The first-order chi connectivity index (χ1) is 11.6. The molecule has 7 nitrogen and oxygen atoms in total. The predicted octanol–water partition coefficient (Wildman–Crippen LogP) is 1.41. The third-order valence-electron chi connectivity index (χ3n) is 4.18. The molecule has 0 aliphatic carbocycles. The fraction of sp³-hybridized carbons (Fsp3) is 0.500. The Morgan fingerprint density at radius 2 is 2.04 bits per heavy atom. The lowest BCUT2D eigenvalue weighted by molar-refractivity contribution is -0.119. The molecule has 0 spiro atoms. The summed E-state index contributed by atoms with van der Waals surface area (Å²) >= 11 is 0. The van der Waals surface area contributed by atoms with Gasteiger partial charge in [-0.05, 0) is 6.07 Å². The number of para-hydroxylation sites is 1. The Morgan fingerprint density at radius 3 is 2.75 bits per heavy atom. The number of nitrogens with one attached hydrogen (secondary N) is 1. The first-order valence-electron chi connectivity index (χ1n) is 7.89. The maximum atomic E-state index is 14.4. The molecule has 0 radical (unpaired) electrons. The third-order valence-corrected chi connectivity index (χ3v) is 4.18. The van der Waals surface area contributed by atoms with Crippen molar-refractivity contribution in [1.82, 2.24) is 10.4 Å². The summed E-state index contributed by atoms with van der Waals surface area (Å²) in [5, 5.41) is 2.69. The van der Waals surface area contributed by atoms with E-state index in [4.69, 9.17) is 9.47 Å². The third kappa shape index (κ3) is 3.28. The van der Waals surface area contributed by atoms with Gasteiger partial charge in [-0.2, -0.15) is 0 Å².